The van der Waals surface area contributed by atoms with E-state index < -0.39 is 18.5 Å². The Morgan fingerprint density at radius 2 is 1.77 bits per heavy atom. The molecular weight excluding hydrogens is 520 g/mol. The van der Waals surface area contributed by atoms with Crippen LogP contribution >= 0.6 is 31.9 Å². The number of carbonyl (C=O) groups is 4. The molecule has 3 aliphatic rings. The van der Waals surface area contributed by atoms with Gasteiger partial charge in [-0.05, 0) is 42.9 Å². The maximum atomic E-state index is 12.8. The Hall–Kier alpha value is -1.74. The summed E-state index contributed by atoms with van der Waals surface area (Å²) in [7, 11) is 0. The van der Waals surface area contributed by atoms with E-state index in [1.165, 1.54) is 4.90 Å². The SMILES string of the molecule is Cc1cccc(NC(=O)COC(=O)CCN2C(=O)[C@@H]3[C@H]4C[C@@H]([C@H](Br)[C@H]4Br)[C@@H]3C2=O)c1. The topological polar surface area (TPSA) is 92.8 Å². The molecule has 3 fully saturated rings. The van der Waals surface area contributed by atoms with Crippen LogP contribution in [0.1, 0.15) is 18.4 Å². The highest BCUT2D eigenvalue weighted by molar-refractivity contribution is 9.12. The molecule has 160 valence electrons. The van der Waals surface area contributed by atoms with E-state index in [4.69, 9.17) is 4.74 Å². The number of imide groups is 1. The quantitative estimate of drug-likeness (QED) is 0.339. The number of carbonyl (C=O) groups excluding carboxylic acids is 4. The number of nitrogens with zero attached hydrogens (tertiary/aromatic N) is 1. The Morgan fingerprint density at radius 1 is 1.13 bits per heavy atom. The number of hydrogen-bond donors (Lipinski definition) is 1. The Labute approximate surface area is 191 Å². The molecule has 1 heterocycles. The van der Waals surface area contributed by atoms with Gasteiger partial charge in [-0.2, -0.15) is 0 Å². The van der Waals surface area contributed by atoms with Crippen molar-refractivity contribution in [3.8, 4) is 0 Å². The lowest BCUT2D eigenvalue weighted by atomic mass is 9.81. The zero-order valence-corrected chi connectivity index (χ0v) is 19.5. The number of hydrogen-bond acceptors (Lipinski definition) is 5. The van der Waals surface area contributed by atoms with Gasteiger partial charge in [0.25, 0.3) is 5.91 Å². The number of halogens is 2. The molecule has 6 atom stereocenters. The van der Waals surface area contributed by atoms with Crippen LogP contribution in [0.25, 0.3) is 0 Å². The van der Waals surface area contributed by atoms with E-state index >= 15 is 0 Å². The molecule has 1 aliphatic heterocycles. The van der Waals surface area contributed by atoms with Crippen LogP contribution in [-0.2, 0) is 23.9 Å². The smallest absolute Gasteiger partial charge is 0.308 e. The molecule has 2 aliphatic carbocycles. The molecule has 0 spiro atoms. The van der Waals surface area contributed by atoms with Crippen LogP contribution in [0.4, 0.5) is 5.69 Å². The molecule has 4 rings (SSSR count). The zero-order valence-electron chi connectivity index (χ0n) is 16.3. The highest BCUT2D eigenvalue weighted by Crippen LogP contribution is 2.60. The number of anilines is 1. The molecule has 2 saturated carbocycles. The van der Waals surface area contributed by atoms with Gasteiger partial charge in [-0.15, -0.1) is 0 Å². The van der Waals surface area contributed by atoms with E-state index in [0.29, 0.717) is 5.69 Å². The van der Waals surface area contributed by atoms with Gasteiger partial charge >= 0.3 is 5.97 Å². The second kappa shape index (κ2) is 8.42. The van der Waals surface area contributed by atoms with E-state index in [1.54, 1.807) is 6.07 Å². The Kier molecular flexibility index (Phi) is 6.03. The van der Waals surface area contributed by atoms with Crippen LogP contribution in [0.5, 0.6) is 0 Å². The molecule has 3 amide bonds. The van der Waals surface area contributed by atoms with E-state index in [9.17, 15) is 19.2 Å². The number of ether oxygens (including phenoxy) is 1. The fourth-order valence-electron chi connectivity index (χ4n) is 4.97. The molecule has 1 N–H and O–H groups in total. The lowest BCUT2D eigenvalue weighted by Crippen LogP contribution is -2.37. The highest BCUT2D eigenvalue weighted by atomic mass is 79.9. The Balaban J connectivity index is 1.26. The number of alkyl halides is 2. The summed E-state index contributed by atoms with van der Waals surface area (Å²) in [6.45, 7) is 1.48. The molecule has 1 aromatic rings. The molecule has 1 aromatic carbocycles. The summed E-state index contributed by atoms with van der Waals surface area (Å²) in [5.74, 6) is -1.75. The van der Waals surface area contributed by atoms with Crippen molar-refractivity contribution in [2.45, 2.75) is 29.4 Å². The Bertz CT molecular complexity index is 875. The van der Waals surface area contributed by atoms with Crippen molar-refractivity contribution in [3.63, 3.8) is 0 Å². The fraction of sp³-hybridized carbons (Fsp3) is 0.524. The third kappa shape index (κ3) is 3.82. The van der Waals surface area contributed by atoms with Gasteiger partial charge in [-0.3, -0.25) is 24.1 Å². The van der Waals surface area contributed by atoms with Crippen LogP contribution in [0.3, 0.4) is 0 Å². The van der Waals surface area contributed by atoms with Crippen LogP contribution < -0.4 is 5.32 Å². The largest absolute Gasteiger partial charge is 0.456 e. The molecule has 30 heavy (non-hydrogen) atoms. The van der Waals surface area contributed by atoms with Crippen molar-refractivity contribution in [3.05, 3.63) is 29.8 Å². The van der Waals surface area contributed by atoms with Crippen molar-refractivity contribution in [1.82, 2.24) is 4.90 Å². The van der Waals surface area contributed by atoms with E-state index in [2.05, 4.69) is 37.2 Å². The number of esters is 1. The van der Waals surface area contributed by atoms with Crippen LogP contribution in [0, 0.1) is 30.6 Å². The first-order chi connectivity index (χ1) is 14.3. The molecule has 9 heteroatoms. The number of nitrogens with one attached hydrogen (secondary N) is 1. The van der Waals surface area contributed by atoms with Crippen molar-refractivity contribution >= 4 is 61.2 Å². The number of likely N-dealkylation sites (tertiary alicyclic amines) is 1. The molecular formula is C21H22Br2N2O5. The predicted octanol–water partition coefficient (Wildman–Crippen LogP) is 2.64. The van der Waals surface area contributed by atoms with Gasteiger partial charge in [0.15, 0.2) is 6.61 Å². The number of fused-ring (bicyclic) bond motifs is 5. The minimum absolute atomic E-state index is 0.0116. The van der Waals surface area contributed by atoms with Gasteiger partial charge in [0.05, 0.1) is 18.3 Å². The molecule has 7 nitrogen and oxygen atoms in total. The van der Waals surface area contributed by atoms with E-state index in [0.717, 1.165) is 12.0 Å². The van der Waals surface area contributed by atoms with Crippen molar-refractivity contribution in [2.75, 3.05) is 18.5 Å². The number of benzene rings is 1. The number of rotatable bonds is 6. The standard InChI is InChI=1S/C21H22Br2N2O5/c1-10-3-2-4-11(7-10)24-14(26)9-30-15(27)5-6-25-20(28)16-12-8-13(17(16)21(25)29)19(23)18(12)22/h2-4,7,12-13,16-19H,5-6,8-9H2,1H3,(H,24,26)/t12-,13-,16-,17+,18+,19+/m1/s1. The van der Waals surface area contributed by atoms with Gasteiger partial charge in [0.1, 0.15) is 0 Å². The summed E-state index contributed by atoms with van der Waals surface area (Å²) in [4.78, 5) is 51.2. The maximum Gasteiger partial charge on any atom is 0.308 e. The highest BCUT2D eigenvalue weighted by Gasteiger charge is 2.66. The Morgan fingerprint density at radius 3 is 2.37 bits per heavy atom. The van der Waals surface area contributed by atoms with Crippen LogP contribution in [-0.4, -0.2) is 51.4 Å². The average Bonchev–Trinajstić information content (AvgIpc) is 3.30. The van der Waals surface area contributed by atoms with Gasteiger partial charge in [-0.1, -0.05) is 44.0 Å². The van der Waals surface area contributed by atoms with Crippen molar-refractivity contribution in [1.29, 1.82) is 0 Å². The summed E-state index contributed by atoms with van der Waals surface area (Å²) >= 11 is 7.29. The minimum Gasteiger partial charge on any atom is -0.456 e. The predicted molar refractivity (Wildman–Crippen MR) is 116 cm³/mol. The monoisotopic (exact) mass is 540 g/mol. The maximum absolute atomic E-state index is 12.8. The summed E-state index contributed by atoms with van der Waals surface area (Å²) < 4.78 is 5.00. The molecule has 0 aromatic heterocycles. The third-order valence-electron chi connectivity index (χ3n) is 6.28. The normalized spacial score (nSPS) is 31.8. The van der Waals surface area contributed by atoms with Crippen LogP contribution in [0.15, 0.2) is 24.3 Å². The molecule has 0 radical (unpaired) electrons. The second-order valence-electron chi connectivity index (χ2n) is 8.16. The first-order valence-corrected chi connectivity index (χ1v) is 11.8. The first-order valence-electron chi connectivity index (χ1n) is 9.93. The zero-order chi connectivity index (χ0) is 21.6. The van der Waals surface area contributed by atoms with Gasteiger partial charge in [0, 0.05) is 21.9 Å². The lowest BCUT2D eigenvalue weighted by molar-refractivity contribution is -0.149. The number of amides is 3. The lowest BCUT2D eigenvalue weighted by Gasteiger charge is -2.28. The summed E-state index contributed by atoms with van der Waals surface area (Å²) in [5.41, 5.74) is 1.63. The van der Waals surface area contributed by atoms with Gasteiger partial charge in [0.2, 0.25) is 11.8 Å². The average molecular weight is 542 g/mol. The fourth-order valence-corrected chi connectivity index (χ4v) is 6.85. The molecule has 0 unspecified atom stereocenters. The minimum atomic E-state index is -0.619. The summed E-state index contributed by atoms with van der Waals surface area (Å²) in [6.07, 6.45) is 0.740. The molecule has 1 saturated heterocycles. The number of aryl methyl sites for hydroxylation is 1. The first kappa shape index (κ1) is 21.5. The van der Waals surface area contributed by atoms with Crippen molar-refractivity contribution < 1.29 is 23.9 Å². The second-order valence-corrected chi connectivity index (χ2v) is 10.3. The van der Waals surface area contributed by atoms with Crippen LogP contribution in [0.2, 0.25) is 0 Å². The van der Waals surface area contributed by atoms with Crippen molar-refractivity contribution in [2.24, 2.45) is 23.7 Å². The summed E-state index contributed by atoms with van der Waals surface area (Å²) in [6, 6.07) is 7.28. The van der Waals surface area contributed by atoms with Gasteiger partial charge in [-0.25, -0.2) is 0 Å². The molecule has 2 bridgehead atoms. The van der Waals surface area contributed by atoms with Gasteiger partial charge < -0.3 is 10.1 Å². The third-order valence-corrected chi connectivity index (χ3v) is 9.49. The van der Waals surface area contributed by atoms with E-state index in [1.807, 2.05) is 25.1 Å². The van der Waals surface area contributed by atoms with E-state index in [-0.39, 0.29) is 58.1 Å². The summed E-state index contributed by atoms with van der Waals surface area (Å²) in [5, 5.41) is 2.66.